The maximum Gasteiger partial charge on any atom is 0.232 e. The fraction of sp³-hybridized carbons (Fsp3) is 0.500. The summed E-state index contributed by atoms with van der Waals surface area (Å²) in [5.74, 6) is 0.428. The summed E-state index contributed by atoms with van der Waals surface area (Å²) in [4.78, 5) is 16.1. The maximum atomic E-state index is 13.1. The van der Waals surface area contributed by atoms with E-state index in [4.69, 9.17) is 27.9 Å². The van der Waals surface area contributed by atoms with Gasteiger partial charge in [-0.1, -0.05) is 50.0 Å². The fourth-order valence-corrected chi connectivity index (χ4v) is 6.09. The number of nitrogens with zero attached hydrogens (tertiary/aromatic N) is 1. The van der Waals surface area contributed by atoms with Crippen molar-refractivity contribution >= 4 is 46.6 Å². The average Bonchev–Trinajstić information content (AvgIpc) is 3.44. The second-order valence-corrected chi connectivity index (χ2v) is 12.1. The highest BCUT2D eigenvalue weighted by molar-refractivity contribution is 8.00. The van der Waals surface area contributed by atoms with E-state index in [-0.39, 0.29) is 22.8 Å². The third-order valence-electron chi connectivity index (χ3n) is 6.09. The summed E-state index contributed by atoms with van der Waals surface area (Å²) in [6.45, 7) is 12.0. The first-order chi connectivity index (χ1) is 14.9. The number of hydrogen-bond acceptors (Lipinski definition) is 3. The first kappa shape index (κ1) is 25.4. The van der Waals surface area contributed by atoms with E-state index in [9.17, 15) is 4.79 Å². The van der Waals surface area contributed by atoms with Crippen LogP contribution in [0.3, 0.4) is 0 Å². The number of carbonyl (C=O) groups excluding carboxylic acids is 1. The maximum absolute atomic E-state index is 13.1. The number of hydrogen-bond donors (Lipinski definition) is 0. The molecule has 3 atom stereocenters. The number of halogens is 2. The van der Waals surface area contributed by atoms with Gasteiger partial charge in [-0.2, -0.15) is 0 Å². The lowest BCUT2D eigenvalue weighted by Gasteiger charge is -2.33. The molecule has 3 unspecified atom stereocenters. The molecular formula is C26H33Cl2NO2S. The third kappa shape index (κ3) is 5.14. The molecule has 174 valence electrons. The van der Waals surface area contributed by atoms with Gasteiger partial charge >= 0.3 is 0 Å². The second kappa shape index (κ2) is 9.58. The van der Waals surface area contributed by atoms with E-state index >= 15 is 0 Å². The number of methoxy groups -OCH3 is 1. The zero-order valence-electron chi connectivity index (χ0n) is 19.9. The van der Waals surface area contributed by atoms with Crippen LogP contribution in [0.4, 0.5) is 5.69 Å². The SMILES string of the molecule is COC(C)C1CC1(Sc1ccc(Cl)cc1)c1ccc(N(C(=O)C(C)(C)C)C(C)C)c(Cl)c1. The van der Waals surface area contributed by atoms with E-state index in [0.717, 1.165) is 27.6 Å². The highest BCUT2D eigenvalue weighted by atomic mass is 35.5. The van der Waals surface area contributed by atoms with E-state index < -0.39 is 5.41 Å². The van der Waals surface area contributed by atoms with Crippen molar-refractivity contribution < 1.29 is 9.53 Å². The first-order valence-corrected chi connectivity index (χ1v) is 12.6. The van der Waals surface area contributed by atoms with E-state index in [1.165, 1.54) is 0 Å². The van der Waals surface area contributed by atoms with Gasteiger partial charge in [0.15, 0.2) is 0 Å². The molecule has 1 saturated carbocycles. The number of benzene rings is 2. The molecule has 0 aromatic heterocycles. The van der Waals surface area contributed by atoms with Crippen LogP contribution in [-0.4, -0.2) is 25.2 Å². The molecule has 1 aliphatic rings. The Balaban J connectivity index is 1.99. The molecule has 1 amide bonds. The number of amides is 1. The van der Waals surface area contributed by atoms with Crippen LogP contribution in [0.5, 0.6) is 0 Å². The second-order valence-electron chi connectivity index (χ2n) is 9.88. The van der Waals surface area contributed by atoms with Crippen LogP contribution in [0.2, 0.25) is 10.0 Å². The number of anilines is 1. The van der Waals surface area contributed by atoms with Gasteiger partial charge < -0.3 is 9.64 Å². The molecule has 1 fully saturated rings. The zero-order valence-corrected chi connectivity index (χ0v) is 22.2. The summed E-state index contributed by atoms with van der Waals surface area (Å²) in [7, 11) is 1.76. The first-order valence-electron chi connectivity index (χ1n) is 11.0. The van der Waals surface area contributed by atoms with Crippen LogP contribution in [0, 0.1) is 11.3 Å². The molecule has 0 bridgehead atoms. The zero-order chi connectivity index (χ0) is 23.8. The van der Waals surface area contributed by atoms with Gasteiger partial charge in [-0.05, 0) is 69.2 Å². The van der Waals surface area contributed by atoms with Gasteiger partial charge in [0.2, 0.25) is 5.91 Å². The van der Waals surface area contributed by atoms with Crippen LogP contribution in [0.25, 0.3) is 0 Å². The Morgan fingerprint density at radius 2 is 1.75 bits per heavy atom. The minimum absolute atomic E-state index is 0.00432. The molecule has 3 rings (SSSR count). The number of carbonyl (C=O) groups is 1. The van der Waals surface area contributed by atoms with Gasteiger partial charge in [0.1, 0.15) is 0 Å². The Kier molecular flexibility index (Phi) is 7.61. The van der Waals surface area contributed by atoms with Crippen LogP contribution in [0.1, 0.15) is 53.5 Å². The number of ether oxygens (including phenoxy) is 1. The van der Waals surface area contributed by atoms with Crippen LogP contribution < -0.4 is 4.90 Å². The average molecular weight is 495 g/mol. The highest BCUT2D eigenvalue weighted by Gasteiger charge is 2.58. The van der Waals surface area contributed by atoms with Gasteiger partial charge in [-0.3, -0.25) is 4.79 Å². The summed E-state index contributed by atoms with van der Waals surface area (Å²) in [6.07, 6.45) is 1.13. The van der Waals surface area contributed by atoms with Gasteiger partial charge in [-0.25, -0.2) is 0 Å². The topological polar surface area (TPSA) is 29.5 Å². The Hall–Kier alpha value is -1.20. The molecule has 3 nitrogen and oxygen atoms in total. The van der Waals surface area contributed by atoms with Crippen molar-refractivity contribution in [3.63, 3.8) is 0 Å². The summed E-state index contributed by atoms with van der Waals surface area (Å²) in [6, 6.07) is 14.1. The smallest absolute Gasteiger partial charge is 0.232 e. The molecule has 32 heavy (non-hydrogen) atoms. The number of rotatable bonds is 7. The van der Waals surface area contributed by atoms with Gasteiger partial charge in [0.25, 0.3) is 0 Å². The van der Waals surface area contributed by atoms with Crippen molar-refractivity contribution in [3.05, 3.63) is 58.1 Å². The van der Waals surface area contributed by atoms with Crippen molar-refractivity contribution in [2.24, 2.45) is 11.3 Å². The minimum atomic E-state index is -0.493. The molecule has 0 aliphatic heterocycles. The largest absolute Gasteiger partial charge is 0.381 e. The van der Waals surface area contributed by atoms with Crippen LogP contribution in [0.15, 0.2) is 47.4 Å². The van der Waals surface area contributed by atoms with E-state index in [1.54, 1.807) is 7.11 Å². The van der Waals surface area contributed by atoms with Gasteiger partial charge in [0, 0.05) is 34.4 Å². The molecule has 0 spiro atoms. The van der Waals surface area contributed by atoms with Crippen molar-refractivity contribution in [3.8, 4) is 0 Å². The van der Waals surface area contributed by atoms with Gasteiger partial charge in [0.05, 0.1) is 21.6 Å². The number of thioether (sulfide) groups is 1. The molecule has 0 saturated heterocycles. The van der Waals surface area contributed by atoms with Crippen molar-refractivity contribution in [1.29, 1.82) is 0 Å². The lowest BCUT2D eigenvalue weighted by molar-refractivity contribution is -0.126. The monoisotopic (exact) mass is 493 g/mol. The Labute approximate surface area is 206 Å². The third-order valence-corrected chi connectivity index (χ3v) is 8.22. The van der Waals surface area contributed by atoms with Crippen molar-refractivity contribution in [2.75, 3.05) is 12.0 Å². The van der Waals surface area contributed by atoms with Gasteiger partial charge in [-0.15, -0.1) is 11.8 Å². The lowest BCUT2D eigenvalue weighted by atomic mass is 9.93. The normalized spacial score (nSPS) is 21.5. The quantitative estimate of drug-likeness (QED) is 0.393. The predicted octanol–water partition coefficient (Wildman–Crippen LogP) is 7.82. The molecule has 0 radical (unpaired) electrons. The Morgan fingerprint density at radius 1 is 1.12 bits per heavy atom. The molecule has 0 N–H and O–H groups in total. The Bertz CT molecular complexity index is 971. The van der Waals surface area contributed by atoms with Crippen LogP contribution >= 0.6 is 35.0 Å². The fourth-order valence-electron chi connectivity index (χ4n) is 4.15. The standard InChI is InChI=1S/C26H33Cl2NO2S/c1-16(2)29(24(30)25(4,5)6)23-13-8-18(14-22(23)28)26(15-21(26)17(3)31-7)32-20-11-9-19(27)10-12-20/h8-14,16-17,21H,15H2,1-7H3. The molecule has 6 heteroatoms. The summed E-state index contributed by atoms with van der Waals surface area (Å²) < 4.78 is 5.56. The summed E-state index contributed by atoms with van der Waals surface area (Å²) in [5, 5.41) is 1.33. The molecule has 2 aromatic carbocycles. The van der Waals surface area contributed by atoms with Crippen molar-refractivity contribution in [1.82, 2.24) is 0 Å². The minimum Gasteiger partial charge on any atom is -0.381 e. The molecule has 0 heterocycles. The molecular weight excluding hydrogens is 461 g/mol. The highest BCUT2D eigenvalue weighted by Crippen LogP contribution is 2.66. The van der Waals surface area contributed by atoms with Crippen LogP contribution in [-0.2, 0) is 14.3 Å². The molecule has 1 aliphatic carbocycles. The molecule has 2 aromatic rings. The summed E-state index contributed by atoms with van der Waals surface area (Å²) >= 11 is 14.8. The summed E-state index contributed by atoms with van der Waals surface area (Å²) in [5.41, 5.74) is 1.42. The Morgan fingerprint density at radius 3 is 2.25 bits per heavy atom. The lowest BCUT2D eigenvalue weighted by Crippen LogP contribution is -2.44. The van der Waals surface area contributed by atoms with E-state index in [0.29, 0.717) is 10.9 Å². The van der Waals surface area contributed by atoms with Crippen molar-refractivity contribution in [2.45, 2.75) is 69.8 Å². The van der Waals surface area contributed by atoms with E-state index in [2.05, 4.69) is 25.1 Å². The predicted molar refractivity (Wildman–Crippen MR) is 137 cm³/mol. The van der Waals surface area contributed by atoms with E-state index in [1.807, 2.05) is 75.5 Å².